The molecule has 1 nitrogen and oxygen atoms in total. The third-order valence-corrected chi connectivity index (χ3v) is 4.45. The first-order valence-electron chi connectivity index (χ1n) is 7.12. The van der Waals surface area contributed by atoms with E-state index in [0.29, 0.717) is 17.9 Å². The molecular formula is C16H23F2N. The first-order valence-corrected chi connectivity index (χ1v) is 7.12. The molecule has 1 aromatic rings. The van der Waals surface area contributed by atoms with E-state index in [-0.39, 0.29) is 5.54 Å². The van der Waals surface area contributed by atoms with E-state index < -0.39 is 11.6 Å². The maximum atomic E-state index is 13.2. The van der Waals surface area contributed by atoms with E-state index in [4.69, 9.17) is 5.73 Å². The fraction of sp³-hybridized carbons (Fsp3) is 0.625. The minimum atomic E-state index is -0.519. The average molecular weight is 267 g/mol. The molecule has 19 heavy (non-hydrogen) atoms. The molecule has 2 N–H and O–H groups in total. The Labute approximate surface area is 114 Å². The van der Waals surface area contributed by atoms with Crippen LogP contribution in [0.4, 0.5) is 8.78 Å². The van der Waals surface area contributed by atoms with Crippen LogP contribution >= 0.6 is 0 Å². The van der Waals surface area contributed by atoms with Gasteiger partial charge >= 0.3 is 0 Å². The van der Waals surface area contributed by atoms with Crippen LogP contribution in [0, 0.1) is 23.5 Å². The Morgan fingerprint density at radius 3 is 2.16 bits per heavy atom. The summed E-state index contributed by atoms with van der Waals surface area (Å²) >= 11 is 0. The van der Waals surface area contributed by atoms with Crippen LogP contribution < -0.4 is 5.73 Å². The monoisotopic (exact) mass is 267 g/mol. The van der Waals surface area contributed by atoms with Crippen molar-refractivity contribution in [2.75, 3.05) is 0 Å². The molecule has 106 valence electrons. The predicted octanol–water partition coefficient (Wildman–Crippen LogP) is 4.05. The normalized spacial score (nSPS) is 27.8. The molecule has 1 aromatic carbocycles. The molecule has 0 unspecified atom stereocenters. The summed E-state index contributed by atoms with van der Waals surface area (Å²) < 4.78 is 26.4. The van der Waals surface area contributed by atoms with Crippen LogP contribution in [0.1, 0.15) is 45.1 Å². The smallest absolute Gasteiger partial charge is 0.126 e. The number of hydrogen-bond donors (Lipinski definition) is 1. The Bertz CT molecular complexity index is 414. The summed E-state index contributed by atoms with van der Waals surface area (Å²) in [5, 5.41) is 0. The van der Waals surface area contributed by atoms with Crippen LogP contribution in [-0.4, -0.2) is 5.54 Å². The molecule has 0 bridgehead atoms. The van der Waals surface area contributed by atoms with Crippen molar-refractivity contribution < 1.29 is 8.78 Å². The molecular weight excluding hydrogens is 244 g/mol. The van der Waals surface area contributed by atoms with Gasteiger partial charge in [0.1, 0.15) is 11.6 Å². The van der Waals surface area contributed by atoms with Crippen molar-refractivity contribution in [2.24, 2.45) is 17.6 Å². The van der Waals surface area contributed by atoms with Crippen LogP contribution in [0.15, 0.2) is 18.2 Å². The van der Waals surface area contributed by atoms with Gasteiger partial charge < -0.3 is 5.73 Å². The quantitative estimate of drug-likeness (QED) is 0.878. The highest BCUT2D eigenvalue weighted by molar-refractivity contribution is 5.20. The maximum Gasteiger partial charge on any atom is 0.126 e. The zero-order valence-electron chi connectivity index (χ0n) is 11.8. The number of nitrogens with two attached hydrogens (primary N) is 1. The number of hydrogen-bond acceptors (Lipinski definition) is 1. The second-order valence-electron chi connectivity index (χ2n) is 6.40. The molecule has 3 heteroatoms. The molecule has 1 saturated carbocycles. The highest BCUT2D eigenvalue weighted by Crippen LogP contribution is 2.36. The summed E-state index contributed by atoms with van der Waals surface area (Å²) in [5.41, 5.74) is 6.78. The molecule has 0 aliphatic heterocycles. The Morgan fingerprint density at radius 2 is 1.68 bits per heavy atom. The van der Waals surface area contributed by atoms with Gasteiger partial charge in [-0.1, -0.05) is 13.8 Å². The van der Waals surface area contributed by atoms with Crippen molar-refractivity contribution in [3.63, 3.8) is 0 Å². The van der Waals surface area contributed by atoms with Crippen molar-refractivity contribution >= 4 is 0 Å². The number of benzene rings is 1. The van der Waals surface area contributed by atoms with E-state index in [9.17, 15) is 8.78 Å². The third-order valence-electron chi connectivity index (χ3n) is 4.45. The van der Waals surface area contributed by atoms with Crippen LogP contribution in [-0.2, 0) is 6.42 Å². The SMILES string of the molecule is CC(C)C1CCC(N)(Cc2cc(F)cc(F)c2)CC1. The van der Waals surface area contributed by atoms with Gasteiger partial charge in [0.05, 0.1) is 0 Å². The van der Waals surface area contributed by atoms with E-state index in [1.54, 1.807) is 0 Å². The van der Waals surface area contributed by atoms with Gasteiger partial charge in [0, 0.05) is 11.6 Å². The Balaban J connectivity index is 2.02. The largest absolute Gasteiger partial charge is 0.325 e. The van der Waals surface area contributed by atoms with Gasteiger partial charge in [-0.05, 0) is 61.6 Å². The van der Waals surface area contributed by atoms with Crippen molar-refractivity contribution in [3.8, 4) is 0 Å². The minimum Gasteiger partial charge on any atom is -0.325 e. The lowest BCUT2D eigenvalue weighted by atomic mass is 9.71. The molecule has 0 amide bonds. The molecule has 0 radical (unpaired) electrons. The fourth-order valence-corrected chi connectivity index (χ4v) is 3.18. The number of halogens is 2. The highest BCUT2D eigenvalue weighted by atomic mass is 19.1. The first-order chi connectivity index (χ1) is 8.88. The molecule has 2 rings (SSSR count). The average Bonchev–Trinajstić information content (AvgIpc) is 2.27. The molecule has 0 saturated heterocycles. The Kier molecular flexibility index (Phi) is 4.24. The second-order valence-corrected chi connectivity index (χ2v) is 6.40. The summed E-state index contributed by atoms with van der Waals surface area (Å²) in [4.78, 5) is 0. The van der Waals surface area contributed by atoms with Crippen LogP contribution in [0.5, 0.6) is 0 Å². The molecule has 1 fully saturated rings. The van der Waals surface area contributed by atoms with E-state index in [1.165, 1.54) is 12.1 Å². The van der Waals surface area contributed by atoms with Crippen LogP contribution in [0.25, 0.3) is 0 Å². The molecule has 0 atom stereocenters. The summed E-state index contributed by atoms with van der Waals surface area (Å²) in [6.45, 7) is 4.49. The Hall–Kier alpha value is -0.960. The maximum absolute atomic E-state index is 13.2. The standard InChI is InChI=1S/C16H23F2N/c1-11(2)13-3-5-16(19,6-4-13)10-12-7-14(17)9-15(18)8-12/h7-9,11,13H,3-6,10,19H2,1-2H3. The molecule has 1 aliphatic carbocycles. The molecule has 0 spiro atoms. The van der Waals surface area contributed by atoms with Crippen molar-refractivity contribution in [1.82, 2.24) is 0 Å². The Morgan fingerprint density at radius 1 is 1.16 bits per heavy atom. The van der Waals surface area contributed by atoms with Gasteiger partial charge in [-0.2, -0.15) is 0 Å². The van der Waals surface area contributed by atoms with E-state index >= 15 is 0 Å². The van der Waals surface area contributed by atoms with Gasteiger partial charge in [0.25, 0.3) is 0 Å². The van der Waals surface area contributed by atoms with E-state index in [0.717, 1.165) is 37.7 Å². The van der Waals surface area contributed by atoms with E-state index in [2.05, 4.69) is 13.8 Å². The van der Waals surface area contributed by atoms with Gasteiger partial charge in [-0.3, -0.25) is 0 Å². The summed E-state index contributed by atoms with van der Waals surface area (Å²) in [7, 11) is 0. The first kappa shape index (κ1) is 14.4. The molecule has 0 aromatic heterocycles. The predicted molar refractivity (Wildman–Crippen MR) is 73.8 cm³/mol. The lowest BCUT2D eigenvalue weighted by Gasteiger charge is -2.38. The van der Waals surface area contributed by atoms with Gasteiger partial charge in [0.15, 0.2) is 0 Å². The lowest BCUT2D eigenvalue weighted by molar-refractivity contribution is 0.194. The van der Waals surface area contributed by atoms with Crippen LogP contribution in [0.2, 0.25) is 0 Å². The van der Waals surface area contributed by atoms with E-state index in [1.807, 2.05) is 0 Å². The highest BCUT2D eigenvalue weighted by Gasteiger charge is 2.32. The number of rotatable bonds is 3. The summed E-state index contributed by atoms with van der Waals surface area (Å²) in [6, 6.07) is 3.70. The molecule has 0 heterocycles. The van der Waals surface area contributed by atoms with Gasteiger partial charge in [-0.15, -0.1) is 0 Å². The van der Waals surface area contributed by atoms with Crippen molar-refractivity contribution in [3.05, 3.63) is 35.4 Å². The summed E-state index contributed by atoms with van der Waals surface area (Å²) in [5.74, 6) is 0.390. The second kappa shape index (κ2) is 5.58. The third kappa shape index (κ3) is 3.75. The van der Waals surface area contributed by atoms with Crippen molar-refractivity contribution in [2.45, 2.75) is 51.5 Å². The van der Waals surface area contributed by atoms with Gasteiger partial charge in [-0.25, -0.2) is 8.78 Å². The van der Waals surface area contributed by atoms with Crippen LogP contribution in [0.3, 0.4) is 0 Å². The fourth-order valence-electron chi connectivity index (χ4n) is 3.18. The molecule has 1 aliphatic rings. The summed E-state index contributed by atoms with van der Waals surface area (Å²) in [6.07, 6.45) is 4.67. The lowest BCUT2D eigenvalue weighted by Crippen LogP contribution is -2.45. The minimum absolute atomic E-state index is 0.300. The zero-order valence-corrected chi connectivity index (χ0v) is 11.8. The van der Waals surface area contributed by atoms with Crippen molar-refractivity contribution in [1.29, 1.82) is 0 Å². The van der Waals surface area contributed by atoms with Gasteiger partial charge in [0.2, 0.25) is 0 Å². The topological polar surface area (TPSA) is 26.0 Å². The zero-order chi connectivity index (χ0) is 14.0.